The van der Waals surface area contributed by atoms with Gasteiger partial charge in [0.15, 0.2) is 0 Å². The van der Waals surface area contributed by atoms with Crippen molar-refractivity contribution < 1.29 is 9.90 Å². The van der Waals surface area contributed by atoms with Gasteiger partial charge in [-0.3, -0.25) is 4.79 Å². The predicted molar refractivity (Wildman–Crippen MR) is 66.3 cm³/mol. The Balaban J connectivity index is 1.73. The van der Waals surface area contributed by atoms with E-state index in [4.69, 9.17) is 5.73 Å². The minimum absolute atomic E-state index is 0.0667. The monoisotopic (exact) mass is 240 g/mol. The predicted octanol–water partition coefficient (Wildman–Crippen LogP) is 0.733. The molecule has 0 aromatic rings. The first kappa shape index (κ1) is 12.8. The highest BCUT2D eigenvalue weighted by molar-refractivity contribution is 5.77. The van der Waals surface area contributed by atoms with E-state index in [1.807, 2.05) is 11.8 Å². The fourth-order valence-electron chi connectivity index (χ4n) is 2.65. The van der Waals surface area contributed by atoms with Crippen LogP contribution in [-0.2, 0) is 4.79 Å². The zero-order chi connectivity index (χ0) is 12.4. The Morgan fingerprint density at radius 1 is 1.29 bits per heavy atom. The van der Waals surface area contributed by atoms with Crippen molar-refractivity contribution in [3.05, 3.63) is 0 Å². The van der Waals surface area contributed by atoms with Gasteiger partial charge in [-0.1, -0.05) is 0 Å². The van der Waals surface area contributed by atoms with Gasteiger partial charge in [-0.25, -0.2) is 0 Å². The van der Waals surface area contributed by atoms with E-state index in [2.05, 4.69) is 0 Å². The van der Waals surface area contributed by atoms with E-state index in [1.54, 1.807) is 0 Å². The van der Waals surface area contributed by atoms with Gasteiger partial charge in [0.05, 0.1) is 6.10 Å². The van der Waals surface area contributed by atoms with Crippen molar-refractivity contribution >= 4 is 5.91 Å². The molecule has 0 bridgehead atoms. The van der Waals surface area contributed by atoms with Gasteiger partial charge >= 0.3 is 0 Å². The summed E-state index contributed by atoms with van der Waals surface area (Å²) in [4.78, 5) is 13.9. The lowest BCUT2D eigenvalue weighted by Crippen LogP contribution is -2.43. The topological polar surface area (TPSA) is 66.6 Å². The number of aliphatic hydroxyl groups excluding tert-OH is 1. The molecular weight excluding hydrogens is 216 g/mol. The van der Waals surface area contributed by atoms with Crippen molar-refractivity contribution in [1.29, 1.82) is 0 Å². The molecule has 0 spiro atoms. The summed E-state index contributed by atoms with van der Waals surface area (Å²) in [6.45, 7) is 3.41. The number of carbonyl (C=O) groups is 1. The SMILES string of the molecule is CC(O)C1CCN(C(=O)CC(N)C2CC2)CC1. The summed E-state index contributed by atoms with van der Waals surface area (Å²) in [6, 6.07) is 0.0667. The second-order valence-corrected chi connectivity index (χ2v) is 5.66. The number of nitrogens with two attached hydrogens (primary N) is 1. The Hall–Kier alpha value is -0.610. The zero-order valence-corrected chi connectivity index (χ0v) is 10.6. The number of hydrogen-bond donors (Lipinski definition) is 2. The number of hydrogen-bond acceptors (Lipinski definition) is 3. The van der Waals surface area contributed by atoms with E-state index in [9.17, 15) is 9.90 Å². The standard InChI is InChI=1S/C13H24N2O2/c1-9(16)10-4-6-15(7-5-10)13(17)8-12(14)11-2-3-11/h9-12,16H,2-8,14H2,1H3. The first-order valence-corrected chi connectivity index (χ1v) is 6.79. The van der Waals surface area contributed by atoms with Gasteiger partial charge < -0.3 is 15.7 Å². The molecule has 98 valence electrons. The van der Waals surface area contributed by atoms with E-state index in [0.717, 1.165) is 25.9 Å². The molecule has 3 N–H and O–H groups in total. The fourth-order valence-corrected chi connectivity index (χ4v) is 2.65. The van der Waals surface area contributed by atoms with Crippen LogP contribution in [0.15, 0.2) is 0 Å². The molecule has 4 heteroatoms. The fraction of sp³-hybridized carbons (Fsp3) is 0.923. The smallest absolute Gasteiger partial charge is 0.224 e. The summed E-state index contributed by atoms with van der Waals surface area (Å²) >= 11 is 0. The van der Waals surface area contributed by atoms with Crippen molar-refractivity contribution in [3.63, 3.8) is 0 Å². The van der Waals surface area contributed by atoms with Crippen molar-refractivity contribution in [2.75, 3.05) is 13.1 Å². The van der Waals surface area contributed by atoms with E-state index < -0.39 is 0 Å². The van der Waals surface area contributed by atoms with Crippen LogP contribution in [0.25, 0.3) is 0 Å². The van der Waals surface area contributed by atoms with Crippen LogP contribution in [0.2, 0.25) is 0 Å². The lowest BCUT2D eigenvalue weighted by atomic mass is 9.92. The maximum absolute atomic E-state index is 12.0. The third-order valence-electron chi connectivity index (χ3n) is 4.21. The Morgan fingerprint density at radius 2 is 1.88 bits per heavy atom. The van der Waals surface area contributed by atoms with Crippen LogP contribution in [0.4, 0.5) is 0 Å². The van der Waals surface area contributed by atoms with Gasteiger partial charge in [-0.2, -0.15) is 0 Å². The van der Waals surface area contributed by atoms with E-state index in [0.29, 0.717) is 18.3 Å². The maximum Gasteiger partial charge on any atom is 0.224 e. The number of likely N-dealkylation sites (tertiary alicyclic amines) is 1. The molecule has 0 radical (unpaired) electrons. The van der Waals surface area contributed by atoms with Crippen LogP contribution >= 0.6 is 0 Å². The Bertz CT molecular complexity index is 269. The minimum Gasteiger partial charge on any atom is -0.393 e. The molecule has 1 amide bonds. The highest BCUT2D eigenvalue weighted by atomic mass is 16.3. The average molecular weight is 240 g/mol. The average Bonchev–Trinajstić information content (AvgIpc) is 3.12. The van der Waals surface area contributed by atoms with E-state index in [-0.39, 0.29) is 18.1 Å². The molecule has 2 atom stereocenters. The van der Waals surface area contributed by atoms with Crippen LogP contribution in [0, 0.1) is 11.8 Å². The zero-order valence-electron chi connectivity index (χ0n) is 10.6. The summed E-state index contributed by atoms with van der Waals surface area (Å²) in [7, 11) is 0. The summed E-state index contributed by atoms with van der Waals surface area (Å²) in [5.41, 5.74) is 5.97. The van der Waals surface area contributed by atoms with Gasteiger partial charge in [-0.15, -0.1) is 0 Å². The highest BCUT2D eigenvalue weighted by Gasteiger charge is 2.32. The van der Waals surface area contributed by atoms with E-state index >= 15 is 0 Å². The quantitative estimate of drug-likeness (QED) is 0.761. The van der Waals surface area contributed by atoms with Gasteiger partial charge in [0.1, 0.15) is 0 Å². The molecule has 0 aromatic carbocycles. The Labute approximate surface area is 103 Å². The third-order valence-corrected chi connectivity index (χ3v) is 4.21. The van der Waals surface area contributed by atoms with Gasteiger partial charge in [0, 0.05) is 25.6 Å². The molecule has 17 heavy (non-hydrogen) atoms. The van der Waals surface area contributed by atoms with Crippen molar-refractivity contribution in [2.45, 2.75) is 51.2 Å². The second-order valence-electron chi connectivity index (χ2n) is 5.66. The molecule has 1 heterocycles. The molecular formula is C13H24N2O2. The molecule has 2 aliphatic rings. The number of rotatable bonds is 4. The number of amides is 1. The molecule has 1 saturated carbocycles. The molecule has 1 saturated heterocycles. The van der Waals surface area contributed by atoms with Crippen LogP contribution < -0.4 is 5.73 Å². The molecule has 0 aromatic heterocycles. The van der Waals surface area contributed by atoms with Crippen LogP contribution in [-0.4, -0.2) is 41.1 Å². The Kier molecular flexibility index (Phi) is 4.05. The molecule has 4 nitrogen and oxygen atoms in total. The Morgan fingerprint density at radius 3 is 2.35 bits per heavy atom. The van der Waals surface area contributed by atoms with Gasteiger partial charge in [-0.05, 0) is 44.4 Å². The first-order valence-electron chi connectivity index (χ1n) is 6.79. The number of aliphatic hydroxyl groups is 1. The molecule has 1 aliphatic heterocycles. The number of piperidine rings is 1. The first-order chi connectivity index (χ1) is 8.08. The van der Waals surface area contributed by atoms with E-state index in [1.165, 1.54) is 12.8 Å². The summed E-state index contributed by atoms with van der Waals surface area (Å²) in [5.74, 6) is 1.15. The van der Waals surface area contributed by atoms with Crippen molar-refractivity contribution in [3.8, 4) is 0 Å². The van der Waals surface area contributed by atoms with Gasteiger partial charge in [0.2, 0.25) is 5.91 Å². The number of nitrogens with zero attached hydrogens (tertiary/aromatic N) is 1. The summed E-state index contributed by atoms with van der Waals surface area (Å²) in [6.07, 6.45) is 4.48. The molecule has 2 unspecified atom stereocenters. The van der Waals surface area contributed by atoms with Gasteiger partial charge in [0.25, 0.3) is 0 Å². The second kappa shape index (κ2) is 5.36. The normalized spacial score (nSPS) is 25.7. The van der Waals surface area contributed by atoms with Crippen molar-refractivity contribution in [2.24, 2.45) is 17.6 Å². The van der Waals surface area contributed by atoms with Crippen molar-refractivity contribution in [1.82, 2.24) is 4.90 Å². The maximum atomic E-state index is 12.0. The molecule has 2 rings (SSSR count). The largest absolute Gasteiger partial charge is 0.393 e. The third kappa shape index (κ3) is 3.42. The lowest BCUT2D eigenvalue weighted by molar-refractivity contribution is -0.133. The molecule has 2 fully saturated rings. The van der Waals surface area contributed by atoms with Crippen LogP contribution in [0.1, 0.15) is 39.0 Å². The number of carbonyl (C=O) groups excluding carboxylic acids is 1. The highest BCUT2D eigenvalue weighted by Crippen LogP contribution is 2.33. The van der Waals surface area contributed by atoms with Crippen LogP contribution in [0.3, 0.4) is 0 Å². The lowest BCUT2D eigenvalue weighted by Gasteiger charge is -2.33. The molecule has 1 aliphatic carbocycles. The minimum atomic E-state index is -0.249. The summed E-state index contributed by atoms with van der Waals surface area (Å²) < 4.78 is 0. The van der Waals surface area contributed by atoms with Crippen LogP contribution in [0.5, 0.6) is 0 Å². The summed E-state index contributed by atoms with van der Waals surface area (Å²) in [5, 5.41) is 9.51.